The van der Waals surface area contributed by atoms with Crippen LogP contribution in [-0.4, -0.2) is 65.4 Å². The summed E-state index contributed by atoms with van der Waals surface area (Å²) in [7, 11) is 0. The first kappa shape index (κ1) is 33.3. The van der Waals surface area contributed by atoms with E-state index in [1.165, 1.54) is 18.2 Å². The highest BCUT2D eigenvalue weighted by molar-refractivity contribution is 6.24. The number of imide groups is 2. The topological polar surface area (TPSA) is 206 Å². The van der Waals surface area contributed by atoms with E-state index in [2.05, 4.69) is 21.3 Å². The fraction of sp³-hybridized carbons (Fsp3) is 0.265. The first-order chi connectivity index (χ1) is 23.1. The van der Waals surface area contributed by atoms with Crippen LogP contribution in [0.25, 0.3) is 0 Å². The van der Waals surface area contributed by atoms with E-state index in [1.807, 2.05) is 0 Å². The van der Waals surface area contributed by atoms with E-state index >= 15 is 0 Å². The zero-order valence-corrected chi connectivity index (χ0v) is 25.9. The molecule has 0 saturated carbocycles. The number of carbonyl (C=O) groups excluding carboxylic acids is 7. The van der Waals surface area contributed by atoms with Crippen molar-refractivity contribution in [2.24, 2.45) is 0 Å². The lowest BCUT2D eigenvalue weighted by molar-refractivity contribution is -0.136. The summed E-state index contributed by atoms with van der Waals surface area (Å²) in [5.74, 6) is -3.47. The van der Waals surface area contributed by atoms with Crippen LogP contribution in [0.1, 0.15) is 69.6 Å². The van der Waals surface area contributed by atoms with Crippen LogP contribution in [0, 0.1) is 0 Å². The van der Waals surface area contributed by atoms with Crippen molar-refractivity contribution in [3.05, 3.63) is 83.4 Å². The molecule has 6 N–H and O–H groups in total. The quantitative estimate of drug-likeness (QED) is 0.104. The molecule has 0 radical (unpaired) electrons. The van der Waals surface area contributed by atoms with Crippen molar-refractivity contribution in [3.8, 4) is 5.75 Å². The fourth-order valence-corrected chi connectivity index (χ4v) is 5.35. The maximum Gasteiger partial charge on any atom is 0.266 e. The number of ether oxygens (including phenoxy) is 1. The number of nitrogen functional groups attached to an aromatic ring is 1. The van der Waals surface area contributed by atoms with E-state index in [9.17, 15) is 33.6 Å². The summed E-state index contributed by atoms with van der Waals surface area (Å²) in [6.07, 6.45) is 2.19. The third kappa shape index (κ3) is 7.84. The van der Waals surface area contributed by atoms with Crippen molar-refractivity contribution in [3.63, 3.8) is 0 Å². The van der Waals surface area contributed by atoms with E-state index in [4.69, 9.17) is 10.5 Å². The molecule has 2 aliphatic rings. The number of piperidine rings is 1. The predicted octanol–water partition coefficient (Wildman–Crippen LogP) is 2.62. The van der Waals surface area contributed by atoms with Gasteiger partial charge in [0.05, 0.1) is 22.5 Å². The number of carbonyl (C=O) groups is 7. The number of anilines is 3. The molecule has 14 heteroatoms. The number of para-hydroxylation sites is 2. The van der Waals surface area contributed by atoms with Gasteiger partial charge in [0.25, 0.3) is 23.6 Å². The Balaban J connectivity index is 0.989. The summed E-state index contributed by atoms with van der Waals surface area (Å²) in [4.78, 5) is 87.9. The third-order valence-corrected chi connectivity index (χ3v) is 7.83. The molecule has 2 heterocycles. The number of nitrogens with one attached hydrogen (secondary N) is 4. The van der Waals surface area contributed by atoms with Crippen LogP contribution < -0.4 is 31.7 Å². The summed E-state index contributed by atoms with van der Waals surface area (Å²) < 4.78 is 5.58. The minimum atomic E-state index is -1.11. The van der Waals surface area contributed by atoms with Gasteiger partial charge in [-0.1, -0.05) is 24.6 Å². The Labute approximate surface area is 275 Å². The molecule has 1 atom stereocenters. The summed E-state index contributed by atoms with van der Waals surface area (Å²) in [6, 6.07) is 16.7. The molecule has 3 aromatic carbocycles. The second-order valence-corrected chi connectivity index (χ2v) is 11.2. The van der Waals surface area contributed by atoms with Gasteiger partial charge in [0, 0.05) is 30.6 Å². The zero-order chi connectivity index (χ0) is 34.2. The van der Waals surface area contributed by atoms with E-state index in [-0.39, 0.29) is 48.0 Å². The Morgan fingerprint density at radius 2 is 1.62 bits per heavy atom. The predicted molar refractivity (Wildman–Crippen MR) is 174 cm³/mol. The number of hydrogen-bond acceptors (Lipinski definition) is 9. The van der Waals surface area contributed by atoms with Crippen molar-refractivity contribution in [2.45, 2.75) is 44.6 Å². The first-order valence-electron chi connectivity index (χ1n) is 15.4. The van der Waals surface area contributed by atoms with Crippen molar-refractivity contribution in [2.75, 3.05) is 29.5 Å². The molecule has 1 fully saturated rings. The van der Waals surface area contributed by atoms with Crippen molar-refractivity contribution >= 4 is 58.4 Å². The number of unbranched alkanes of at least 4 members (excludes halogenated alkanes) is 2. The molecular formula is C34H34N6O8. The van der Waals surface area contributed by atoms with Gasteiger partial charge in [-0.3, -0.25) is 43.8 Å². The van der Waals surface area contributed by atoms with Crippen molar-refractivity contribution in [1.29, 1.82) is 0 Å². The van der Waals surface area contributed by atoms with Crippen LogP contribution in [0.3, 0.4) is 0 Å². The molecule has 5 rings (SSSR count). The zero-order valence-electron chi connectivity index (χ0n) is 25.9. The Morgan fingerprint density at radius 3 is 2.38 bits per heavy atom. The number of hydrogen-bond donors (Lipinski definition) is 5. The monoisotopic (exact) mass is 654 g/mol. The molecule has 48 heavy (non-hydrogen) atoms. The van der Waals surface area contributed by atoms with Gasteiger partial charge < -0.3 is 26.4 Å². The van der Waals surface area contributed by atoms with Crippen LogP contribution in [0.15, 0.2) is 66.7 Å². The second kappa shape index (κ2) is 15.0. The maximum absolute atomic E-state index is 13.1. The molecular weight excluding hydrogens is 620 g/mol. The van der Waals surface area contributed by atoms with E-state index in [0.29, 0.717) is 48.4 Å². The lowest BCUT2D eigenvalue weighted by Crippen LogP contribution is -2.54. The number of nitrogens with two attached hydrogens (primary N) is 1. The van der Waals surface area contributed by atoms with Gasteiger partial charge >= 0.3 is 0 Å². The van der Waals surface area contributed by atoms with E-state index in [0.717, 1.165) is 4.90 Å². The summed E-state index contributed by atoms with van der Waals surface area (Å²) in [5, 5.41) is 10.4. The average Bonchev–Trinajstić information content (AvgIpc) is 3.32. The Hall–Kier alpha value is -6.05. The van der Waals surface area contributed by atoms with Crippen LogP contribution in [0.2, 0.25) is 0 Å². The molecule has 3 aromatic rings. The SMILES string of the molecule is Nc1ccccc1NC(=O)c1ccc(NC(=O)CCCCCNC(=O)COc2cccc3c2C(=O)N(C2CCC(=O)NC2=O)C3=O)cc1. The normalized spacial score (nSPS) is 15.4. The van der Waals surface area contributed by atoms with Gasteiger partial charge in [-0.25, -0.2) is 0 Å². The maximum atomic E-state index is 13.1. The van der Waals surface area contributed by atoms with Gasteiger partial charge in [0.2, 0.25) is 17.7 Å². The highest BCUT2D eigenvalue weighted by Gasteiger charge is 2.46. The summed E-state index contributed by atoms with van der Waals surface area (Å²) in [5.41, 5.74) is 7.83. The molecule has 0 spiro atoms. The van der Waals surface area contributed by atoms with E-state index in [1.54, 1.807) is 48.5 Å². The van der Waals surface area contributed by atoms with Gasteiger partial charge in [-0.05, 0) is 67.8 Å². The number of nitrogens with zero attached hydrogens (tertiary/aromatic N) is 1. The van der Waals surface area contributed by atoms with Crippen molar-refractivity contribution < 1.29 is 38.3 Å². The number of fused-ring (bicyclic) bond motifs is 1. The number of benzene rings is 3. The smallest absolute Gasteiger partial charge is 0.266 e. The number of rotatable bonds is 13. The molecule has 248 valence electrons. The third-order valence-electron chi connectivity index (χ3n) is 7.83. The fourth-order valence-electron chi connectivity index (χ4n) is 5.35. The van der Waals surface area contributed by atoms with Crippen LogP contribution in [-0.2, 0) is 19.2 Å². The summed E-state index contributed by atoms with van der Waals surface area (Å²) in [6.45, 7) is -0.0604. The van der Waals surface area contributed by atoms with Gasteiger partial charge in [-0.2, -0.15) is 0 Å². The molecule has 2 aliphatic heterocycles. The Kier molecular flexibility index (Phi) is 10.4. The van der Waals surface area contributed by atoms with Crippen molar-refractivity contribution in [1.82, 2.24) is 15.5 Å². The molecule has 7 amide bonds. The number of amides is 7. The van der Waals surface area contributed by atoms with Crippen LogP contribution in [0.4, 0.5) is 17.1 Å². The van der Waals surface area contributed by atoms with Gasteiger partial charge in [-0.15, -0.1) is 0 Å². The minimum Gasteiger partial charge on any atom is -0.483 e. The standard InChI is InChI=1S/C34H34N6O8/c35-23-8-3-4-9-24(23)38-31(44)20-12-14-21(15-13-20)37-27(41)11-2-1-5-18-36-29(43)19-48-26-10-6-7-22-30(26)34(47)40(33(22)46)25-16-17-28(42)39-32(25)45/h3-4,6-10,12-15,25H,1-2,5,11,16-19,35H2,(H,36,43)(H,37,41)(H,38,44)(H,39,42,45). The Bertz CT molecular complexity index is 1770. The molecule has 1 saturated heterocycles. The van der Waals surface area contributed by atoms with Gasteiger partial charge in [0.1, 0.15) is 11.8 Å². The summed E-state index contributed by atoms with van der Waals surface area (Å²) >= 11 is 0. The minimum absolute atomic E-state index is 0.00445. The molecule has 0 aromatic heterocycles. The highest BCUT2D eigenvalue weighted by Crippen LogP contribution is 2.33. The van der Waals surface area contributed by atoms with E-state index < -0.39 is 42.2 Å². The lowest BCUT2D eigenvalue weighted by atomic mass is 10.0. The average molecular weight is 655 g/mol. The second-order valence-electron chi connectivity index (χ2n) is 11.2. The van der Waals surface area contributed by atoms with Crippen LogP contribution >= 0.6 is 0 Å². The molecule has 14 nitrogen and oxygen atoms in total. The Morgan fingerprint density at radius 1 is 0.854 bits per heavy atom. The molecule has 0 bridgehead atoms. The largest absolute Gasteiger partial charge is 0.483 e. The van der Waals surface area contributed by atoms with Gasteiger partial charge in [0.15, 0.2) is 6.61 Å². The van der Waals surface area contributed by atoms with Crippen LogP contribution in [0.5, 0.6) is 5.75 Å². The molecule has 0 aliphatic carbocycles. The first-order valence-corrected chi connectivity index (χ1v) is 15.4. The molecule has 1 unspecified atom stereocenters. The highest BCUT2D eigenvalue weighted by atomic mass is 16.5. The lowest BCUT2D eigenvalue weighted by Gasteiger charge is -2.27.